The Morgan fingerprint density at radius 1 is 1.15 bits per heavy atom. The van der Waals surface area contributed by atoms with Crippen LogP contribution in [0.25, 0.3) is 0 Å². The van der Waals surface area contributed by atoms with Crippen molar-refractivity contribution in [2.24, 2.45) is 0 Å². The van der Waals surface area contributed by atoms with E-state index in [4.69, 9.17) is 0 Å². The summed E-state index contributed by atoms with van der Waals surface area (Å²) in [6.07, 6.45) is 5.74. The minimum Gasteiger partial charge on any atom is -0.352 e. The van der Waals surface area contributed by atoms with Crippen LogP contribution < -0.4 is 10.6 Å². The summed E-state index contributed by atoms with van der Waals surface area (Å²) in [5.74, 6) is -0.762. The van der Waals surface area contributed by atoms with E-state index in [0.717, 1.165) is 48.6 Å². The molecule has 1 saturated carbocycles. The highest BCUT2D eigenvalue weighted by molar-refractivity contribution is 9.10. The minimum absolute atomic E-state index is 0.00485. The average molecular weight is 532 g/mol. The van der Waals surface area contributed by atoms with Crippen LogP contribution in [0.5, 0.6) is 0 Å². The fourth-order valence-corrected chi connectivity index (χ4v) is 4.65. The van der Waals surface area contributed by atoms with Crippen LogP contribution in [0.4, 0.5) is 0 Å². The molecule has 1 heterocycles. The van der Waals surface area contributed by atoms with E-state index in [1.54, 1.807) is 9.58 Å². The molecule has 0 aliphatic heterocycles. The molecule has 1 aliphatic carbocycles. The summed E-state index contributed by atoms with van der Waals surface area (Å²) >= 11 is 3.43. The van der Waals surface area contributed by atoms with Crippen LogP contribution in [0.2, 0.25) is 0 Å². The van der Waals surface area contributed by atoms with Gasteiger partial charge in [0.2, 0.25) is 5.91 Å². The van der Waals surface area contributed by atoms with Crippen molar-refractivity contribution in [3.63, 3.8) is 0 Å². The number of halogens is 1. The van der Waals surface area contributed by atoms with E-state index in [1.807, 2.05) is 38.1 Å². The predicted molar refractivity (Wildman–Crippen MR) is 134 cm³/mol. The molecule has 3 rings (SSSR count). The van der Waals surface area contributed by atoms with E-state index in [9.17, 15) is 14.4 Å². The predicted octanol–water partition coefficient (Wildman–Crippen LogP) is 3.90. The maximum atomic E-state index is 13.4. The van der Waals surface area contributed by atoms with Crippen molar-refractivity contribution in [3.8, 4) is 0 Å². The van der Waals surface area contributed by atoms with Crippen LogP contribution >= 0.6 is 15.9 Å². The van der Waals surface area contributed by atoms with Gasteiger partial charge in [0.1, 0.15) is 5.69 Å². The topological polar surface area (TPSA) is 96.3 Å². The summed E-state index contributed by atoms with van der Waals surface area (Å²) in [4.78, 5) is 40.3. The summed E-state index contributed by atoms with van der Waals surface area (Å²) in [6.45, 7) is 5.28. The van der Waals surface area contributed by atoms with E-state index < -0.39 is 0 Å². The van der Waals surface area contributed by atoms with Gasteiger partial charge < -0.3 is 15.5 Å². The zero-order valence-electron chi connectivity index (χ0n) is 20.0. The minimum atomic E-state index is -0.343. The van der Waals surface area contributed by atoms with Gasteiger partial charge in [0.25, 0.3) is 11.8 Å². The molecule has 8 nitrogen and oxygen atoms in total. The molecule has 0 atom stereocenters. The SMILES string of the molecule is CCCN(CC(=O)NC1CCCC1)C(=O)c1cc(C(=O)NCc2cccc(Br)c2)nn1CCC. The van der Waals surface area contributed by atoms with Gasteiger partial charge in [-0.3, -0.25) is 19.1 Å². The second-order valence-electron chi connectivity index (χ2n) is 8.73. The first kappa shape index (κ1) is 25.9. The third kappa shape index (κ3) is 7.16. The van der Waals surface area contributed by atoms with Crippen LogP contribution in [0, 0.1) is 0 Å². The van der Waals surface area contributed by atoms with Crippen molar-refractivity contribution in [3.05, 3.63) is 51.8 Å². The molecular formula is C25H34BrN5O3. The van der Waals surface area contributed by atoms with Crippen molar-refractivity contribution in [2.75, 3.05) is 13.1 Å². The Hall–Kier alpha value is -2.68. The van der Waals surface area contributed by atoms with E-state index in [0.29, 0.717) is 25.3 Å². The van der Waals surface area contributed by atoms with Gasteiger partial charge in [0, 0.05) is 36.2 Å². The van der Waals surface area contributed by atoms with Crippen LogP contribution in [-0.4, -0.2) is 51.5 Å². The number of carbonyl (C=O) groups excluding carboxylic acids is 3. The van der Waals surface area contributed by atoms with Gasteiger partial charge in [0.15, 0.2) is 5.69 Å². The second kappa shape index (κ2) is 12.7. The van der Waals surface area contributed by atoms with Crippen molar-refractivity contribution < 1.29 is 14.4 Å². The normalized spacial score (nSPS) is 13.6. The third-order valence-electron chi connectivity index (χ3n) is 5.84. The first-order valence-corrected chi connectivity index (χ1v) is 12.9. The van der Waals surface area contributed by atoms with E-state index >= 15 is 0 Å². The number of carbonyl (C=O) groups is 3. The molecule has 2 aromatic rings. The average Bonchev–Trinajstić information content (AvgIpc) is 3.47. The number of nitrogens with zero attached hydrogens (tertiary/aromatic N) is 3. The molecule has 1 aromatic carbocycles. The summed E-state index contributed by atoms with van der Waals surface area (Å²) in [5.41, 5.74) is 1.48. The molecule has 0 unspecified atom stereocenters. The number of hydrogen-bond acceptors (Lipinski definition) is 4. The number of nitrogens with one attached hydrogen (secondary N) is 2. The lowest BCUT2D eigenvalue weighted by atomic mass is 10.2. The van der Waals surface area contributed by atoms with Gasteiger partial charge in [-0.2, -0.15) is 5.10 Å². The lowest BCUT2D eigenvalue weighted by molar-refractivity contribution is -0.122. The lowest BCUT2D eigenvalue weighted by Crippen LogP contribution is -2.44. The van der Waals surface area contributed by atoms with E-state index in [2.05, 4.69) is 31.7 Å². The monoisotopic (exact) mass is 531 g/mol. The highest BCUT2D eigenvalue weighted by atomic mass is 79.9. The maximum Gasteiger partial charge on any atom is 0.272 e. The first-order chi connectivity index (χ1) is 16.4. The van der Waals surface area contributed by atoms with Crippen molar-refractivity contribution in [2.45, 2.75) is 71.5 Å². The van der Waals surface area contributed by atoms with Gasteiger partial charge in [-0.15, -0.1) is 0 Å². The Labute approximate surface area is 209 Å². The lowest BCUT2D eigenvalue weighted by Gasteiger charge is -2.23. The molecule has 0 radical (unpaired) electrons. The molecule has 34 heavy (non-hydrogen) atoms. The molecule has 0 spiro atoms. The highest BCUT2D eigenvalue weighted by Gasteiger charge is 2.26. The smallest absolute Gasteiger partial charge is 0.272 e. The summed E-state index contributed by atoms with van der Waals surface area (Å²) < 4.78 is 2.51. The zero-order valence-corrected chi connectivity index (χ0v) is 21.6. The number of aryl methyl sites for hydroxylation is 1. The van der Waals surface area contributed by atoms with E-state index in [1.165, 1.54) is 6.07 Å². The summed E-state index contributed by atoms with van der Waals surface area (Å²) in [5, 5.41) is 10.3. The third-order valence-corrected chi connectivity index (χ3v) is 6.34. The summed E-state index contributed by atoms with van der Waals surface area (Å²) in [7, 11) is 0. The van der Waals surface area contributed by atoms with Crippen LogP contribution in [0.15, 0.2) is 34.8 Å². The second-order valence-corrected chi connectivity index (χ2v) is 9.64. The Morgan fingerprint density at radius 3 is 2.59 bits per heavy atom. The van der Waals surface area contributed by atoms with Crippen molar-refractivity contribution in [1.29, 1.82) is 0 Å². The molecular weight excluding hydrogens is 498 g/mol. The Kier molecular flexibility index (Phi) is 9.68. The van der Waals surface area contributed by atoms with Crippen LogP contribution in [0.1, 0.15) is 78.9 Å². The molecule has 1 aliphatic rings. The van der Waals surface area contributed by atoms with Gasteiger partial charge in [-0.05, 0) is 43.4 Å². The first-order valence-electron chi connectivity index (χ1n) is 12.1. The molecule has 1 aromatic heterocycles. The van der Waals surface area contributed by atoms with Crippen molar-refractivity contribution >= 4 is 33.7 Å². The molecule has 9 heteroatoms. The largest absolute Gasteiger partial charge is 0.352 e. The molecule has 1 fully saturated rings. The van der Waals surface area contributed by atoms with Gasteiger partial charge in [-0.25, -0.2) is 0 Å². The fraction of sp³-hybridized carbons (Fsp3) is 0.520. The van der Waals surface area contributed by atoms with E-state index in [-0.39, 0.29) is 36.0 Å². The number of rotatable bonds is 11. The number of hydrogen-bond donors (Lipinski definition) is 2. The van der Waals surface area contributed by atoms with Crippen molar-refractivity contribution in [1.82, 2.24) is 25.3 Å². The van der Waals surface area contributed by atoms with Gasteiger partial charge >= 0.3 is 0 Å². The Bertz CT molecular complexity index is 1000. The fourth-order valence-electron chi connectivity index (χ4n) is 4.20. The Balaban J connectivity index is 1.71. The molecule has 184 valence electrons. The number of benzene rings is 1. The number of amides is 3. The molecule has 0 bridgehead atoms. The molecule has 3 amide bonds. The quantitative estimate of drug-likeness (QED) is 0.459. The highest BCUT2D eigenvalue weighted by Crippen LogP contribution is 2.18. The maximum absolute atomic E-state index is 13.4. The van der Waals surface area contributed by atoms with Gasteiger partial charge in [-0.1, -0.05) is 54.8 Å². The van der Waals surface area contributed by atoms with Crippen LogP contribution in [-0.2, 0) is 17.9 Å². The summed E-state index contributed by atoms with van der Waals surface area (Å²) in [6, 6.07) is 9.43. The molecule has 2 N–H and O–H groups in total. The zero-order chi connectivity index (χ0) is 24.5. The van der Waals surface area contributed by atoms with Gasteiger partial charge in [0.05, 0.1) is 6.54 Å². The standard InChI is InChI=1S/C25H34BrN5O3/c1-3-12-30(17-23(32)28-20-10-5-6-11-20)25(34)22-15-21(29-31(22)13-4-2)24(33)27-16-18-8-7-9-19(26)14-18/h7-9,14-15,20H,3-6,10-13,16-17H2,1-2H3,(H,27,33)(H,28,32). The number of aromatic nitrogens is 2. The molecule has 0 saturated heterocycles. The Morgan fingerprint density at radius 2 is 1.91 bits per heavy atom. The van der Waals surface area contributed by atoms with Crippen LogP contribution in [0.3, 0.4) is 0 Å².